The van der Waals surface area contributed by atoms with Gasteiger partial charge in [0.05, 0.1) is 12.1 Å². The van der Waals surface area contributed by atoms with E-state index in [9.17, 15) is 0 Å². The highest BCUT2D eigenvalue weighted by atomic mass is 35.5. The van der Waals surface area contributed by atoms with Crippen LogP contribution in [-0.4, -0.2) is 12.3 Å². The molecule has 0 aliphatic carbocycles. The molecule has 0 atom stereocenters. The van der Waals surface area contributed by atoms with Gasteiger partial charge in [0, 0.05) is 6.54 Å². The van der Waals surface area contributed by atoms with E-state index in [1.165, 1.54) is 0 Å². The lowest BCUT2D eigenvalue weighted by molar-refractivity contribution is 0.161. The molecular formula is C9H12ClNO2. The Morgan fingerprint density at radius 2 is 2.23 bits per heavy atom. The predicted octanol–water partition coefficient (Wildman–Crippen LogP) is 2.14. The van der Waals surface area contributed by atoms with E-state index in [0.717, 1.165) is 11.1 Å². The summed E-state index contributed by atoms with van der Waals surface area (Å²) in [6, 6.07) is 3.75. The highest BCUT2D eigenvalue weighted by Crippen LogP contribution is 2.31. The van der Waals surface area contributed by atoms with Crippen LogP contribution in [0, 0.1) is 6.92 Å². The van der Waals surface area contributed by atoms with Gasteiger partial charge in [-0.3, -0.25) is 0 Å². The quantitative estimate of drug-likeness (QED) is 0.737. The zero-order chi connectivity index (χ0) is 9.84. The lowest BCUT2D eigenvalue weighted by Crippen LogP contribution is -2.07. The molecule has 1 aromatic rings. The molecule has 0 spiro atoms. The second-order valence-corrected chi connectivity index (χ2v) is 3.10. The van der Waals surface area contributed by atoms with Crippen molar-refractivity contribution in [1.82, 2.24) is 5.48 Å². The molecule has 0 saturated carbocycles. The van der Waals surface area contributed by atoms with Gasteiger partial charge in [-0.1, -0.05) is 23.7 Å². The number of methoxy groups -OCH3 is 1. The van der Waals surface area contributed by atoms with E-state index in [1.807, 2.05) is 19.1 Å². The normalized spacial score (nSPS) is 10.2. The first-order valence-corrected chi connectivity index (χ1v) is 4.27. The molecule has 1 rings (SSSR count). The second kappa shape index (κ2) is 4.46. The van der Waals surface area contributed by atoms with E-state index in [0.29, 0.717) is 17.3 Å². The SMILES string of the molecule is COc1c(C)ccc(CNO)c1Cl. The number of hydrogen-bond donors (Lipinski definition) is 2. The molecule has 3 nitrogen and oxygen atoms in total. The standard InChI is InChI=1S/C9H12ClNO2/c1-6-3-4-7(5-11-12)8(10)9(6)13-2/h3-4,11-12H,5H2,1-2H3. The van der Waals surface area contributed by atoms with Crippen LogP contribution in [0.2, 0.25) is 5.02 Å². The lowest BCUT2D eigenvalue weighted by Gasteiger charge is -2.10. The number of halogens is 1. The van der Waals surface area contributed by atoms with Crippen LogP contribution in [0.4, 0.5) is 0 Å². The first kappa shape index (κ1) is 10.3. The summed E-state index contributed by atoms with van der Waals surface area (Å²) in [7, 11) is 1.57. The van der Waals surface area contributed by atoms with Gasteiger partial charge in [0.15, 0.2) is 0 Å². The van der Waals surface area contributed by atoms with Crippen molar-refractivity contribution in [1.29, 1.82) is 0 Å². The summed E-state index contributed by atoms with van der Waals surface area (Å²) in [5, 5.41) is 9.07. The molecule has 0 aromatic heterocycles. The number of hydroxylamine groups is 1. The summed E-state index contributed by atoms with van der Waals surface area (Å²) in [5.74, 6) is 0.661. The Labute approximate surface area is 82.2 Å². The Balaban J connectivity index is 3.11. The fourth-order valence-electron chi connectivity index (χ4n) is 1.17. The first-order valence-electron chi connectivity index (χ1n) is 3.89. The third kappa shape index (κ3) is 2.12. The molecular weight excluding hydrogens is 190 g/mol. The van der Waals surface area contributed by atoms with Gasteiger partial charge >= 0.3 is 0 Å². The van der Waals surface area contributed by atoms with Crippen molar-refractivity contribution in [3.05, 3.63) is 28.3 Å². The molecule has 0 unspecified atom stereocenters. The van der Waals surface area contributed by atoms with Gasteiger partial charge in [-0.15, -0.1) is 0 Å². The minimum absolute atomic E-state index is 0.315. The summed E-state index contributed by atoms with van der Waals surface area (Å²) in [5.41, 5.74) is 3.85. The van der Waals surface area contributed by atoms with Crippen LogP contribution in [0.1, 0.15) is 11.1 Å². The van der Waals surface area contributed by atoms with Crippen LogP contribution in [-0.2, 0) is 6.54 Å². The molecule has 0 radical (unpaired) electrons. The largest absolute Gasteiger partial charge is 0.495 e. The van der Waals surface area contributed by atoms with Gasteiger partial charge in [-0.05, 0) is 18.1 Å². The molecule has 0 heterocycles. The van der Waals surface area contributed by atoms with E-state index in [2.05, 4.69) is 5.48 Å². The van der Waals surface area contributed by atoms with Crippen LogP contribution >= 0.6 is 11.6 Å². The molecule has 0 fully saturated rings. The van der Waals surface area contributed by atoms with Crippen molar-refractivity contribution >= 4 is 11.6 Å². The molecule has 0 amide bonds. The topological polar surface area (TPSA) is 41.5 Å². The number of nitrogens with one attached hydrogen (secondary N) is 1. The summed E-state index contributed by atoms with van der Waals surface area (Å²) in [6.07, 6.45) is 0. The highest BCUT2D eigenvalue weighted by molar-refractivity contribution is 6.33. The average molecular weight is 202 g/mol. The Morgan fingerprint density at radius 1 is 1.54 bits per heavy atom. The van der Waals surface area contributed by atoms with E-state index in [4.69, 9.17) is 21.5 Å². The van der Waals surface area contributed by atoms with Gasteiger partial charge in [0.25, 0.3) is 0 Å². The van der Waals surface area contributed by atoms with Gasteiger partial charge in [0.1, 0.15) is 5.75 Å². The molecule has 1 aromatic carbocycles. The summed E-state index contributed by atoms with van der Waals surface area (Å²) < 4.78 is 5.12. The summed E-state index contributed by atoms with van der Waals surface area (Å²) in [4.78, 5) is 0. The zero-order valence-corrected chi connectivity index (χ0v) is 8.35. The van der Waals surface area contributed by atoms with Crippen LogP contribution in [0.15, 0.2) is 12.1 Å². The molecule has 0 saturated heterocycles. The van der Waals surface area contributed by atoms with Crippen molar-refractivity contribution in [2.75, 3.05) is 7.11 Å². The number of hydrogen-bond acceptors (Lipinski definition) is 3. The van der Waals surface area contributed by atoms with Gasteiger partial charge in [-0.25, -0.2) is 5.48 Å². The smallest absolute Gasteiger partial charge is 0.140 e. The fourth-order valence-corrected chi connectivity index (χ4v) is 1.52. The predicted molar refractivity (Wildman–Crippen MR) is 51.4 cm³/mol. The first-order chi connectivity index (χ1) is 6.20. The third-order valence-corrected chi connectivity index (χ3v) is 2.26. The van der Waals surface area contributed by atoms with Crippen molar-refractivity contribution in [2.24, 2.45) is 0 Å². The maximum absolute atomic E-state index is 8.53. The van der Waals surface area contributed by atoms with Crippen molar-refractivity contribution in [2.45, 2.75) is 13.5 Å². The molecule has 72 valence electrons. The van der Waals surface area contributed by atoms with E-state index in [1.54, 1.807) is 7.11 Å². The molecule has 0 aliphatic rings. The molecule has 0 bridgehead atoms. The highest BCUT2D eigenvalue weighted by Gasteiger charge is 2.08. The lowest BCUT2D eigenvalue weighted by atomic mass is 10.1. The minimum Gasteiger partial charge on any atom is -0.495 e. The van der Waals surface area contributed by atoms with E-state index in [-0.39, 0.29) is 0 Å². The fraction of sp³-hybridized carbons (Fsp3) is 0.333. The van der Waals surface area contributed by atoms with Crippen LogP contribution in [0.25, 0.3) is 0 Å². The number of rotatable bonds is 3. The number of ether oxygens (including phenoxy) is 1. The Kier molecular flexibility index (Phi) is 3.54. The van der Waals surface area contributed by atoms with Gasteiger partial charge < -0.3 is 9.94 Å². The maximum atomic E-state index is 8.53. The van der Waals surface area contributed by atoms with Gasteiger partial charge in [-0.2, -0.15) is 0 Å². The van der Waals surface area contributed by atoms with Crippen molar-refractivity contribution < 1.29 is 9.94 Å². The van der Waals surface area contributed by atoms with Gasteiger partial charge in [0.2, 0.25) is 0 Å². The molecule has 4 heteroatoms. The van der Waals surface area contributed by atoms with Crippen LogP contribution in [0.5, 0.6) is 5.75 Å². The molecule has 13 heavy (non-hydrogen) atoms. The van der Waals surface area contributed by atoms with Crippen molar-refractivity contribution in [3.8, 4) is 5.75 Å². The molecule has 0 aliphatic heterocycles. The second-order valence-electron chi connectivity index (χ2n) is 2.72. The van der Waals surface area contributed by atoms with Crippen molar-refractivity contribution in [3.63, 3.8) is 0 Å². The Bertz CT molecular complexity index is 302. The minimum atomic E-state index is 0.315. The van der Waals surface area contributed by atoms with E-state index < -0.39 is 0 Å². The summed E-state index contributed by atoms with van der Waals surface area (Å²) in [6.45, 7) is 2.23. The number of benzene rings is 1. The zero-order valence-electron chi connectivity index (χ0n) is 7.60. The molecule has 2 N–H and O–H groups in total. The van der Waals surface area contributed by atoms with Crippen LogP contribution in [0.3, 0.4) is 0 Å². The third-order valence-electron chi connectivity index (χ3n) is 1.85. The average Bonchev–Trinajstić information content (AvgIpc) is 2.11. The van der Waals surface area contributed by atoms with Crippen LogP contribution < -0.4 is 10.2 Å². The summed E-state index contributed by atoms with van der Waals surface area (Å²) >= 11 is 6.02. The Hall–Kier alpha value is -0.770. The maximum Gasteiger partial charge on any atom is 0.140 e. The monoisotopic (exact) mass is 201 g/mol. The number of aryl methyl sites for hydroxylation is 1. The Morgan fingerprint density at radius 3 is 2.77 bits per heavy atom. The van der Waals surface area contributed by atoms with E-state index >= 15 is 0 Å².